The molecule has 1 nitrogen and oxygen atoms in total. The number of hydrogen-bond donors (Lipinski definition) is 1. The van der Waals surface area contributed by atoms with Crippen molar-refractivity contribution in [2.24, 2.45) is 0 Å². The summed E-state index contributed by atoms with van der Waals surface area (Å²) in [5.41, 5.74) is 0. The minimum Gasteiger partial charge on any atom is -0.504 e. The van der Waals surface area contributed by atoms with Gasteiger partial charge >= 0.3 is 0 Å². The highest BCUT2D eigenvalue weighted by Gasteiger charge is 2.06. The number of aromatic hydroxyl groups is 1. The van der Waals surface area contributed by atoms with E-state index in [0.29, 0.717) is 6.07 Å². The Kier molecular flexibility index (Phi) is 2.08. The third-order valence-corrected chi connectivity index (χ3v) is 1.80. The van der Waals surface area contributed by atoms with Crippen LogP contribution in [0.2, 0.25) is 0 Å². The maximum absolute atomic E-state index is 12.3. The summed E-state index contributed by atoms with van der Waals surface area (Å²) in [6.45, 7) is 0. The molecule has 0 amide bonds. The first kappa shape index (κ1) is 7.71. The highest BCUT2D eigenvalue weighted by atomic mass is 127. The fourth-order valence-corrected chi connectivity index (χ4v) is 1.09. The van der Waals surface area contributed by atoms with Crippen LogP contribution in [0.25, 0.3) is 0 Å². The molecule has 0 aliphatic heterocycles. The van der Waals surface area contributed by atoms with Crippen molar-refractivity contribution in [1.82, 2.24) is 0 Å². The first-order valence-corrected chi connectivity index (χ1v) is 3.52. The molecule has 0 aliphatic carbocycles. The van der Waals surface area contributed by atoms with E-state index in [-0.39, 0.29) is 3.57 Å². The summed E-state index contributed by atoms with van der Waals surface area (Å²) >= 11 is 1.65. The predicted molar refractivity (Wildman–Crippen MR) is 40.7 cm³/mol. The Morgan fingerprint density at radius 3 is 2.40 bits per heavy atom. The Hall–Kier alpha value is -0.390. The lowest BCUT2D eigenvalue weighted by Gasteiger charge is -1.96. The molecule has 10 heavy (non-hydrogen) atoms. The molecular weight excluding hydrogens is 253 g/mol. The molecule has 0 heterocycles. The van der Waals surface area contributed by atoms with Crippen molar-refractivity contribution >= 4 is 22.6 Å². The molecule has 4 heteroatoms. The smallest absolute Gasteiger partial charge is 0.168 e. The zero-order valence-electron chi connectivity index (χ0n) is 4.74. The maximum Gasteiger partial charge on any atom is 0.168 e. The van der Waals surface area contributed by atoms with Crippen LogP contribution in [0.5, 0.6) is 5.75 Å². The van der Waals surface area contributed by atoms with E-state index >= 15 is 0 Å². The molecule has 0 spiro atoms. The van der Waals surface area contributed by atoms with E-state index in [1.807, 2.05) is 0 Å². The lowest BCUT2D eigenvalue weighted by Crippen LogP contribution is -1.83. The van der Waals surface area contributed by atoms with E-state index in [0.717, 1.165) is 6.07 Å². The molecule has 0 unspecified atom stereocenters. The van der Waals surface area contributed by atoms with Gasteiger partial charge in [0.25, 0.3) is 0 Å². The zero-order chi connectivity index (χ0) is 7.72. The number of hydrogen-bond acceptors (Lipinski definition) is 1. The minimum absolute atomic E-state index is 0.176. The average Bonchev–Trinajstić information content (AvgIpc) is 1.82. The first-order valence-electron chi connectivity index (χ1n) is 2.45. The van der Waals surface area contributed by atoms with Gasteiger partial charge in [-0.2, -0.15) is 0 Å². The van der Waals surface area contributed by atoms with Crippen molar-refractivity contribution in [3.05, 3.63) is 27.3 Å². The minimum atomic E-state index is -0.926. The molecule has 0 fully saturated rings. The Balaban J connectivity index is 3.31. The Labute approximate surface area is 69.8 Å². The average molecular weight is 256 g/mol. The van der Waals surface area contributed by atoms with Gasteiger partial charge in [0.2, 0.25) is 0 Å². The number of halogens is 3. The molecule has 0 aliphatic rings. The van der Waals surface area contributed by atoms with Crippen LogP contribution >= 0.6 is 22.6 Å². The van der Waals surface area contributed by atoms with E-state index in [2.05, 4.69) is 0 Å². The summed E-state index contributed by atoms with van der Waals surface area (Å²) in [7, 11) is 0. The van der Waals surface area contributed by atoms with Gasteiger partial charge < -0.3 is 5.11 Å². The molecule has 1 aromatic carbocycles. The second kappa shape index (κ2) is 2.69. The van der Waals surface area contributed by atoms with Crippen LogP contribution in [0.4, 0.5) is 8.78 Å². The topological polar surface area (TPSA) is 20.2 Å². The summed E-state index contributed by atoms with van der Waals surface area (Å²) in [4.78, 5) is 0. The molecule has 1 N–H and O–H groups in total. The summed E-state index contributed by atoms with van der Waals surface area (Å²) in [5.74, 6) is -2.11. The summed E-state index contributed by atoms with van der Waals surface area (Å²) in [5, 5.41) is 8.78. The van der Waals surface area contributed by atoms with E-state index in [4.69, 9.17) is 5.11 Å². The molecule has 1 rings (SSSR count). The van der Waals surface area contributed by atoms with Crippen LogP contribution < -0.4 is 0 Å². The van der Waals surface area contributed by atoms with Gasteiger partial charge in [0, 0.05) is 6.07 Å². The number of phenolic OH excluding ortho intramolecular Hbond substituents is 1. The van der Waals surface area contributed by atoms with E-state index < -0.39 is 17.4 Å². The van der Waals surface area contributed by atoms with Crippen molar-refractivity contribution in [1.29, 1.82) is 0 Å². The zero-order valence-corrected chi connectivity index (χ0v) is 6.89. The fraction of sp³-hybridized carbons (Fsp3) is 0. The van der Waals surface area contributed by atoms with Crippen LogP contribution in [0.3, 0.4) is 0 Å². The standard InChI is InChI=1S/C6H3F2IO/c7-3-1-4(8)6(10)5(9)2-3/h1-2,10H. The van der Waals surface area contributed by atoms with Gasteiger partial charge in [0.05, 0.1) is 3.57 Å². The van der Waals surface area contributed by atoms with E-state index in [1.54, 1.807) is 22.6 Å². The Morgan fingerprint density at radius 1 is 1.30 bits per heavy atom. The van der Waals surface area contributed by atoms with Crippen molar-refractivity contribution in [2.45, 2.75) is 0 Å². The Morgan fingerprint density at radius 2 is 1.90 bits per heavy atom. The second-order valence-corrected chi connectivity index (χ2v) is 2.88. The summed E-state index contributed by atoms with van der Waals surface area (Å²) in [6.07, 6.45) is 0. The lowest BCUT2D eigenvalue weighted by molar-refractivity contribution is 0.424. The van der Waals surface area contributed by atoms with Crippen LogP contribution in [0, 0.1) is 15.2 Å². The van der Waals surface area contributed by atoms with Crippen molar-refractivity contribution in [2.75, 3.05) is 0 Å². The van der Waals surface area contributed by atoms with Crippen LogP contribution in [-0.2, 0) is 0 Å². The molecule has 1 aromatic rings. The van der Waals surface area contributed by atoms with Crippen LogP contribution in [0.1, 0.15) is 0 Å². The normalized spacial score (nSPS) is 9.90. The monoisotopic (exact) mass is 256 g/mol. The summed E-state index contributed by atoms with van der Waals surface area (Å²) < 4.78 is 24.8. The van der Waals surface area contributed by atoms with Crippen molar-refractivity contribution in [3.8, 4) is 5.75 Å². The van der Waals surface area contributed by atoms with Crippen molar-refractivity contribution < 1.29 is 13.9 Å². The van der Waals surface area contributed by atoms with Gasteiger partial charge in [-0.3, -0.25) is 0 Å². The molecule has 54 valence electrons. The molecular formula is C6H3F2IO. The largest absolute Gasteiger partial charge is 0.504 e. The molecule has 0 saturated heterocycles. The third-order valence-electron chi connectivity index (χ3n) is 0.982. The second-order valence-electron chi connectivity index (χ2n) is 1.72. The van der Waals surface area contributed by atoms with Gasteiger partial charge in [-0.25, -0.2) is 8.78 Å². The van der Waals surface area contributed by atoms with Gasteiger partial charge in [-0.1, -0.05) is 0 Å². The highest BCUT2D eigenvalue weighted by Crippen LogP contribution is 2.23. The molecule has 0 atom stereocenters. The molecule has 0 bridgehead atoms. The number of phenols is 1. The van der Waals surface area contributed by atoms with Gasteiger partial charge in [-0.15, -0.1) is 0 Å². The van der Waals surface area contributed by atoms with Gasteiger partial charge in [-0.05, 0) is 28.7 Å². The quantitative estimate of drug-likeness (QED) is 0.706. The molecule has 0 aromatic heterocycles. The van der Waals surface area contributed by atoms with Gasteiger partial charge in [0.15, 0.2) is 11.6 Å². The van der Waals surface area contributed by atoms with Crippen LogP contribution in [0.15, 0.2) is 12.1 Å². The first-order chi connectivity index (χ1) is 4.61. The maximum atomic E-state index is 12.3. The summed E-state index contributed by atoms with van der Waals surface area (Å²) in [6, 6.07) is 1.69. The third kappa shape index (κ3) is 1.36. The van der Waals surface area contributed by atoms with Crippen molar-refractivity contribution in [3.63, 3.8) is 0 Å². The van der Waals surface area contributed by atoms with Gasteiger partial charge in [0.1, 0.15) is 5.82 Å². The highest BCUT2D eigenvalue weighted by molar-refractivity contribution is 14.1. The molecule has 0 saturated carbocycles. The van der Waals surface area contributed by atoms with Crippen LogP contribution in [-0.4, -0.2) is 5.11 Å². The molecule has 0 radical (unpaired) electrons. The Bertz CT molecular complexity index is 239. The van der Waals surface area contributed by atoms with E-state index in [1.165, 1.54) is 0 Å². The SMILES string of the molecule is Oc1c(F)cc(F)cc1I. The van der Waals surface area contributed by atoms with E-state index in [9.17, 15) is 8.78 Å². The lowest BCUT2D eigenvalue weighted by atomic mass is 10.3. The number of benzene rings is 1. The fourth-order valence-electron chi connectivity index (χ4n) is 0.535. The predicted octanol–water partition coefficient (Wildman–Crippen LogP) is 2.28. The number of rotatable bonds is 0.